The summed E-state index contributed by atoms with van der Waals surface area (Å²) < 4.78 is 22.1. The molecule has 0 spiro atoms. The van der Waals surface area contributed by atoms with Crippen molar-refractivity contribution in [3.63, 3.8) is 0 Å². The van der Waals surface area contributed by atoms with E-state index in [1.165, 1.54) is 17.9 Å². The molecule has 0 saturated carbocycles. The highest BCUT2D eigenvalue weighted by atomic mass is 32.2. The number of fused-ring (bicyclic) bond motifs is 1. The number of hydrogen-bond acceptors (Lipinski definition) is 6. The molecule has 1 aromatic heterocycles. The quantitative estimate of drug-likeness (QED) is 0.722. The Morgan fingerprint density at radius 3 is 2.93 bits per heavy atom. The molecule has 1 atom stereocenters. The van der Waals surface area contributed by atoms with Gasteiger partial charge >= 0.3 is 6.09 Å². The lowest BCUT2D eigenvalue weighted by atomic mass is 10.2. The number of halogens is 1. The van der Waals surface area contributed by atoms with E-state index in [1.54, 1.807) is 23.9 Å². The van der Waals surface area contributed by atoms with Crippen molar-refractivity contribution < 1.29 is 18.7 Å². The van der Waals surface area contributed by atoms with Crippen molar-refractivity contribution in [3.8, 4) is 0 Å². The van der Waals surface area contributed by atoms with E-state index >= 15 is 0 Å². The fourth-order valence-corrected chi connectivity index (χ4v) is 4.07. The molecule has 1 saturated heterocycles. The van der Waals surface area contributed by atoms with Gasteiger partial charge in [0.1, 0.15) is 11.9 Å². The number of cyclic esters (lactones) is 1. The van der Waals surface area contributed by atoms with Crippen molar-refractivity contribution in [2.24, 2.45) is 0 Å². The maximum Gasteiger partial charge on any atom is 0.414 e. The Bertz CT molecular complexity index is 942. The molecule has 4 rings (SSSR count). The number of aryl methyl sites for hydroxylation is 1. The number of nitrogens with zero attached hydrogens (tertiary/aromatic N) is 4. The molecule has 160 valence electrons. The van der Waals surface area contributed by atoms with Crippen LogP contribution in [0.2, 0.25) is 0 Å². The van der Waals surface area contributed by atoms with Crippen molar-refractivity contribution in [1.29, 1.82) is 0 Å². The van der Waals surface area contributed by atoms with Gasteiger partial charge in [-0.15, -0.1) is 0 Å². The minimum Gasteiger partial charge on any atom is -0.442 e. The number of thioether (sulfide) groups is 1. The Kier molecular flexibility index (Phi) is 5.85. The maximum atomic E-state index is 14.9. The van der Waals surface area contributed by atoms with Crippen molar-refractivity contribution in [1.82, 2.24) is 15.1 Å². The van der Waals surface area contributed by atoms with Gasteiger partial charge in [0.2, 0.25) is 5.91 Å². The summed E-state index contributed by atoms with van der Waals surface area (Å²) in [5.74, 6) is 0.415. The van der Waals surface area contributed by atoms with Gasteiger partial charge in [-0.3, -0.25) is 14.4 Å². The number of benzene rings is 1. The summed E-state index contributed by atoms with van der Waals surface area (Å²) in [5.41, 5.74) is 3.01. The van der Waals surface area contributed by atoms with Gasteiger partial charge in [0.25, 0.3) is 0 Å². The van der Waals surface area contributed by atoms with Crippen LogP contribution in [-0.4, -0.2) is 53.0 Å². The zero-order chi connectivity index (χ0) is 21.3. The average Bonchev–Trinajstić information content (AvgIpc) is 3.37. The summed E-state index contributed by atoms with van der Waals surface area (Å²) >= 11 is 1.78. The smallest absolute Gasteiger partial charge is 0.414 e. The lowest BCUT2D eigenvalue weighted by Crippen LogP contribution is -2.33. The number of nitrogens with one attached hydrogen (secondary N) is 1. The zero-order valence-corrected chi connectivity index (χ0v) is 17.7. The number of rotatable bonds is 7. The van der Waals surface area contributed by atoms with Gasteiger partial charge < -0.3 is 15.0 Å². The van der Waals surface area contributed by atoms with Gasteiger partial charge in [-0.1, -0.05) is 0 Å². The van der Waals surface area contributed by atoms with Gasteiger partial charge in [0.15, 0.2) is 0 Å². The molecule has 30 heavy (non-hydrogen) atoms. The SMILES string of the molecule is CSCCn1cc2c(n1)CN(c1ccc(N3C[C@H](CNC(C)=O)OC3=O)cc1F)C2. The van der Waals surface area contributed by atoms with Crippen LogP contribution in [0.3, 0.4) is 0 Å². The Balaban J connectivity index is 1.42. The molecule has 1 N–H and O–H groups in total. The first-order valence-corrected chi connectivity index (χ1v) is 11.1. The summed E-state index contributed by atoms with van der Waals surface area (Å²) in [5, 5.41) is 7.23. The van der Waals surface area contributed by atoms with Gasteiger partial charge in [0, 0.05) is 37.5 Å². The predicted octanol–water partition coefficient (Wildman–Crippen LogP) is 2.37. The average molecular weight is 434 g/mol. The van der Waals surface area contributed by atoms with Crippen LogP contribution in [0, 0.1) is 5.82 Å². The fraction of sp³-hybridized carbons (Fsp3) is 0.450. The van der Waals surface area contributed by atoms with Crippen molar-refractivity contribution in [2.45, 2.75) is 32.7 Å². The minimum atomic E-state index is -0.543. The molecule has 2 aliphatic heterocycles. The summed E-state index contributed by atoms with van der Waals surface area (Å²) in [6, 6.07) is 4.76. The molecule has 2 aromatic rings. The molecule has 2 amide bonds. The Hall–Kier alpha value is -2.75. The van der Waals surface area contributed by atoms with E-state index in [9.17, 15) is 14.0 Å². The second-order valence-corrected chi connectivity index (χ2v) is 8.39. The maximum absolute atomic E-state index is 14.9. The van der Waals surface area contributed by atoms with E-state index in [4.69, 9.17) is 4.74 Å². The van der Waals surface area contributed by atoms with E-state index in [-0.39, 0.29) is 19.0 Å². The molecule has 0 bridgehead atoms. The topological polar surface area (TPSA) is 79.7 Å². The highest BCUT2D eigenvalue weighted by Crippen LogP contribution is 2.32. The van der Waals surface area contributed by atoms with Crippen LogP contribution in [0.5, 0.6) is 0 Å². The van der Waals surface area contributed by atoms with Crippen LogP contribution >= 0.6 is 11.8 Å². The summed E-state index contributed by atoms with van der Waals surface area (Å²) in [7, 11) is 0. The standard InChI is InChI=1S/C20H24FN5O3S/c1-13(27)22-8-16-11-26(20(28)29-16)15-3-4-19(17(21)7-15)24-9-14-10-25(5-6-30-2)23-18(14)12-24/h3-4,7,10,16H,5-6,8-9,11-12H2,1-2H3,(H,22,27)/t16-/m0/s1. The molecule has 3 heterocycles. The number of ether oxygens (including phenoxy) is 1. The van der Waals surface area contributed by atoms with Crippen LogP contribution in [0.4, 0.5) is 20.6 Å². The van der Waals surface area contributed by atoms with E-state index in [0.29, 0.717) is 24.5 Å². The van der Waals surface area contributed by atoms with Crippen LogP contribution in [0.15, 0.2) is 24.4 Å². The largest absolute Gasteiger partial charge is 0.442 e. The Morgan fingerprint density at radius 2 is 2.23 bits per heavy atom. The summed E-state index contributed by atoms with van der Waals surface area (Å²) in [4.78, 5) is 26.5. The Morgan fingerprint density at radius 1 is 1.40 bits per heavy atom. The summed E-state index contributed by atoms with van der Waals surface area (Å²) in [6.07, 6.45) is 3.10. The van der Waals surface area contributed by atoms with Gasteiger partial charge in [-0.05, 0) is 24.5 Å². The third kappa shape index (κ3) is 4.23. The minimum absolute atomic E-state index is 0.192. The van der Waals surface area contributed by atoms with Crippen LogP contribution < -0.4 is 15.1 Å². The van der Waals surface area contributed by atoms with E-state index < -0.39 is 18.0 Å². The number of carbonyl (C=O) groups is 2. The molecule has 0 aliphatic carbocycles. The highest BCUT2D eigenvalue weighted by Gasteiger charge is 2.33. The highest BCUT2D eigenvalue weighted by molar-refractivity contribution is 7.98. The van der Waals surface area contributed by atoms with Crippen LogP contribution in [-0.2, 0) is 29.2 Å². The predicted molar refractivity (Wildman–Crippen MR) is 113 cm³/mol. The zero-order valence-electron chi connectivity index (χ0n) is 16.9. The first-order valence-electron chi connectivity index (χ1n) is 9.76. The molecule has 1 aromatic carbocycles. The van der Waals surface area contributed by atoms with Gasteiger partial charge in [-0.2, -0.15) is 16.9 Å². The molecule has 8 nitrogen and oxygen atoms in total. The number of hydrogen-bond donors (Lipinski definition) is 1. The number of carbonyl (C=O) groups excluding carboxylic acids is 2. The molecular formula is C20H24FN5O3S. The van der Waals surface area contributed by atoms with Crippen molar-refractivity contribution in [2.75, 3.05) is 34.9 Å². The number of aromatic nitrogens is 2. The molecule has 0 unspecified atom stereocenters. The molecule has 0 radical (unpaired) electrons. The van der Waals surface area contributed by atoms with Crippen molar-refractivity contribution in [3.05, 3.63) is 41.5 Å². The molecular weight excluding hydrogens is 409 g/mol. The number of anilines is 2. The van der Waals surface area contributed by atoms with Gasteiger partial charge in [0.05, 0.1) is 36.7 Å². The Labute approximate surface area is 178 Å². The molecule has 2 aliphatic rings. The molecule has 10 heteroatoms. The second-order valence-electron chi connectivity index (χ2n) is 7.40. The molecule has 1 fully saturated rings. The van der Waals surface area contributed by atoms with Crippen LogP contribution in [0.1, 0.15) is 18.2 Å². The normalized spacial score (nSPS) is 18.0. The van der Waals surface area contributed by atoms with E-state index in [0.717, 1.165) is 23.6 Å². The fourth-order valence-electron chi connectivity index (χ4n) is 3.70. The first kappa shape index (κ1) is 20.5. The van der Waals surface area contributed by atoms with E-state index in [2.05, 4.69) is 16.7 Å². The van der Waals surface area contributed by atoms with Gasteiger partial charge in [-0.25, -0.2) is 9.18 Å². The first-order chi connectivity index (χ1) is 14.4. The van der Waals surface area contributed by atoms with Crippen LogP contribution in [0.25, 0.3) is 0 Å². The third-order valence-electron chi connectivity index (χ3n) is 5.19. The second kappa shape index (κ2) is 8.55. The van der Waals surface area contributed by atoms with E-state index in [1.807, 2.05) is 15.8 Å². The third-order valence-corrected chi connectivity index (χ3v) is 5.78. The summed E-state index contributed by atoms with van der Waals surface area (Å²) in [6.45, 7) is 3.93. The lowest BCUT2D eigenvalue weighted by Gasteiger charge is -2.21. The lowest BCUT2D eigenvalue weighted by molar-refractivity contribution is -0.119. The van der Waals surface area contributed by atoms with Crippen molar-refractivity contribution >= 4 is 35.1 Å². The number of amides is 2. The monoisotopic (exact) mass is 433 g/mol.